The van der Waals surface area contributed by atoms with Crippen molar-refractivity contribution in [3.63, 3.8) is 0 Å². The normalized spacial score (nSPS) is 15.0. The summed E-state index contributed by atoms with van der Waals surface area (Å²) >= 11 is 0. The Balaban J connectivity index is 1.49. The Morgan fingerprint density at radius 2 is 1.78 bits per heavy atom. The van der Waals surface area contributed by atoms with Crippen molar-refractivity contribution in [2.75, 3.05) is 13.9 Å². The first-order valence-electron chi connectivity index (χ1n) is 12.3. The molecule has 0 aromatic heterocycles. The molecule has 2 aliphatic rings. The van der Waals surface area contributed by atoms with Gasteiger partial charge in [-0.3, -0.25) is 4.79 Å². The standard InChI is InChI=1S/C30H30O6/c1-4-5-22-24(15-21(34-3)16-25(22)29(32)33)23-12-19(7-6-18(23)2)13-28(31)30(10-11-30)20-8-9-26-27(14-20)36-17-35-26/h6-9,12,14-16H,4-5,10-11,13,17H2,1-3H3,(H,32,33). The van der Waals surface area contributed by atoms with Crippen LogP contribution in [0.25, 0.3) is 11.1 Å². The van der Waals surface area contributed by atoms with E-state index >= 15 is 0 Å². The molecule has 1 heterocycles. The van der Waals surface area contributed by atoms with E-state index in [9.17, 15) is 14.7 Å². The van der Waals surface area contributed by atoms with Gasteiger partial charge in [-0.05, 0) is 83.8 Å². The number of benzene rings is 3. The lowest BCUT2D eigenvalue weighted by molar-refractivity contribution is -0.120. The Morgan fingerprint density at radius 1 is 1.00 bits per heavy atom. The van der Waals surface area contributed by atoms with Crippen LogP contribution in [0.5, 0.6) is 17.2 Å². The van der Waals surface area contributed by atoms with Gasteiger partial charge in [0.05, 0.1) is 18.1 Å². The van der Waals surface area contributed by atoms with Crippen LogP contribution in [0.1, 0.15) is 58.8 Å². The molecule has 36 heavy (non-hydrogen) atoms. The van der Waals surface area contributed by atoms with Gasteiger partial charge in [0.15, 0.2) is 11.5 Å². The summed E-state index contributed by atoms with van der Waals surface area (Å²) in [6.07, 6.45) is 3.40. The van der Waals surface area contributed by atoms with E-state index in [1.165, 1.54) is 7.11 Å². The fourth-order valence-electron chi connectivity index (χ4n) is 5.19. The highest BCUT2D eigenvalue weighted by molar-refractivity contribution is 5.96. The zero-order valence-corrected chi connectivity index (χ0v) is 20.8. The fraction of sp³-hybridized carbons (Fsp3) is 0.333. The van der Waals surface area contributed by atoms with Gasteiger partial charge >= 0.3 is 5.97 Å². The third-order valence-electron chi connectivity index (χ3n) is 7.36. The molecule has 6 heteroatoms. The zero-order chi connectivity index (χ0) is 25.4. The van der Waals surface area contributed by atoms with Crippen LogP contribution in [0.2, 0.25) is 0 Å². The third kappa shape index (κ3) is 4.21. The number of aryl methyl sites for hydroxylation is 1. The molecule has 0 atom stereocenters. The first-order valence-corrected chi connectivity index (χ1v) is 12.3. The second kappa shape index (κ2) is 9.34. The topological polar surface area (TPSA) is 82.1 Å². The van der Waals surface area contributed by atoms with Crippen molar-refractivity contribution in [1.29, 1.82) is 0 Å². The molecular formula is C30H30O6. The van der Waals surface area contributed by atoms with Gasteiger partial charge in [-0.25, -0.2) is 4.79 Å². The average Bonchev–Trinajstić information content (AvgIpc) is 3.56. The second-order valence-corrected chi connectivity index (χ2v) is 9.66. The summed E-state index contributed by atoms with van der Waals surface area (Å²) in [6, 6.07) is 15.3. The van der Waals surface area contributed by atoms with E-state index in [0.717, 1.165) is 52.6 Å². The van der Waals surface area contributed by atoms with Crippen LogP contribution in [0.4, 0.5) is 0 Å². The van der Waals surface area contributed by atoms with Crippen LogP contribution in [0.15, 0.2) is 48.5 Å². The van der Waals surface area contributed by atoms with E-state index in [4.69, 9.17) is 14.2 Å². The number of ether oxygens (including phenoxy) is 3. The van der Waals surface area contributed by atoms with Crippen LogP contribution < -0.4 is 14.2 Å². The summed E-state index contributed by atoms with van der Waals surface area (Å²) in [7, 11) is 1.54. The Labute approximate surface area is 210 Å². The van der Waals surface area contributed by atoms with E-state index in [2.05, 4.69) is 0 Å². The molecule has 0 saturated heterocycles. The predicted molar refractivity (Wildman–Crippen MR) is 136 cm³/mol. The van der Waals surface area contributed by atoms with Gasteiger partial charge in [0.1, 0.15) is 11.5 Å². The number of Topliss-reactive ketones (excluding diaryl/α,β-unsaturated/α-hetero) is 1. The molecule has 6 nitrogen and oxygen atoms in total. The number of ketones is 1. The molecule has 1 aliphatic heterocycles. The summed E-state index contributed by atoms with van der Waals surface area (Å²) in [5.74, 6) is 1.12. The molecule has 0 amide bonds. The summed E-state index contributed by atoms with van der Waals surface area (Å²) < 4.78 is 16.4. The largest absolute Gasteiger partial charge is 0.497 e. The molecule has 5 rings (SSSR count). The molecule has 1 fully saturated rings. The number of aromatic carboxylic acids is 1. The van der Waals surface area contributed by atoms with Gasteiger partial charge in [-0.2, -0.15) is 0 Å². The van der Waals surface area contributed by atoms with E-state index in [-0.39, 0.29) is 18.1 Å². The number of hydrogen-bond donors (Lipinski definition) is 1. The zero-order valence-electron chi connectivity index (χ0n) is 20.8. The number of carboxylic acid groups (broad SMARTS) is 1. The lowest BCUT2D eigenvalue weighted by Gasteiger charge is -2.18. The summed E-state index contributed by atoms with van der Waals surface area (Å²) in [6.45, 7) is 4.25. The lowest BCUT2D eigenvalue weighted by Crippen LogP contribution is -2.22. The Morgan fingerprint density at radius 3 is 2.47 bits per heavy atom. The highest BCUT2D eigenvalue weighted by Crippen LogP contribution is 2.51. The molecule has 0 spiro atoms. The Kier molecular flexibility index (Phi) is 6.20. The molecule has 1 aliphatic carbocycles. The van der Waals surface area contributed by atoms with E-state index in [1.54, 1.807) is 6.07 Å². The minimum absolute atomic E-state index is 0.182. The molecule has 3 aromatic carbocycles. The van der Waals surface area contributed by atoms with Crippen LogP contribution in [0, 0.1) is 6.92 Å². The number of carboxylic acids is 1. The summed E-state index contributed by atoms with van der Waals surface area (Å²) in [5, 5.41) is 9.87. The van der Waals surface area contributed by atoms with Gasteiger partial charge in [-0.15, -0.1) is 0 Å². The number of rotatable bonds is 9. The third-order valence-corrected chi connectivity index (χ3v) is 7.36. The van der Waals surface area contributed by atoms with Crippen LogP contribution in [0.3, 0.4) is 0 Å². The maximum atomic E-state index is 13.6. The van der Waals surface area contributed by atoms with E-state index in [0.29, 0.717) is 30.1 Å². The Bertz CT molecular complexity index is 1350. The molecule has 186 valence electrons. The predicted octanol–water partition coefficient (Wildman–Crippen LogP) is 5.89. The van der Waals surface area contributed by atoms with Crippen LogP contribution in [-0.2, 0) is 23.1 Å². The smallest absolute Gasteiger partial charge is 0.336 e. The highest BCUT2D eigenvalue weighted by atomic mass is 16.7. The number of carbonyl (C=O) groups excluding carboxylic acids is 1. The minimum Gasteiger partial charge on any atom is -0.497 e. The molecule has 0 unspecified atom stereocenters. The second-order valence-electron chi connectivity index (χ2n) is 9.66. The fourth-order valence-corrected chi connectivity index (χ4v) is 5.19. The van der Waals surface area contributed by atoms with Crippen molar-refractivity contribution >= 4 is 11.8 Å². The monoisotopic (exact) mass is 486 g/mol. The molecule has 3 aromatic rings. The lowest BCUT2D eigenvalue weighted by atomic mass is 9.85. The number of carbonyl (C=O) groups is 2. The van der Waals surface area contributed by atoms with Gasteiger partial charge < -0.3 is 19.3 Å². The molecule has 0 bridgehead atoms. The van der Waals surface area contributed by atoms with Crippen LogP contribution in [-0.4, -0.2) is 30.8 Å². The number of methoxy groups -OCH3 is 1. The SMILES string of the molecule is CCCc1c(C(=O)O)cc(OC)cc1-c1cc(CC(=O)C2(c3ccc4c(c3)OCO4)CC2)ccc1C. The van der Waals surface area contributed by atoms with Crippen molar-refractivity contribution in [2.24, 2.45) is 0 Å². The average molecular weight is 487 g/mol. The van der Waals surface area contributed by atoms with Crippen molar-refractivity contribution in [3.8, 4) is 28.4 Å². The quantitative estimate of drug-likeness (QED) is 0.406. The van der Waals surface area contributed by atoms with Gasteiger partial charge in [-0.1, -0.05) is 37.6 Å². The molecule has 1 saturated carbocycles. The molecule has 0 radical (unpaired) electrons. The van der Waals surface area contributed by atoms with Crippen molar-refractivity contribution in [3.05, 3.63) is 76.3 Å². The van der Waals surface area contributed by atoms with Crippen LogP contribution >= 0.6 is 0 Å². The number of hydrogen-bond acceptors (Lipinski definition) is 5. The maximum absolute atomic E-state index is 13.6. The minimum atomic E-state index is -0.970. The summed E-state index contributed by atoms with van der Waals surface area (Å²) in [5.41, 5.74) is 5.25. The first kappa shape index (κ1) is 23.9. The van der Waals surface area contributed by atoms with E-state index < -0.39 is 11.4 Å². The van der Waals surface area contributed by atoms with Crippen molar-refractivity contribution in [1.82, 2.24) is 0 Å². The number of fused-ring (bicyclic) bond motifs is 1. The molecular weight excluding hydrogens is 456 g/mol. The van der Waals surface area contributed by atoms with Gasteiger partial charge in [0.25, 0.3) is 0 Å². The van der Waals surface area contributed by atoms with Crippen molar-refractivity contribution in [2.45, 2.75) is 51.4 Å². The maximum Gasteiger partial charge on any atom is 0.336 e. The molecule has 1 N–H and O–H groups in total. The highest BCUT2D eigenvalue weighted by Gasteiger charge is 2.50. The Hall–Kier alpha value is -3.80. The summed E-state index contributed by atoms with van der Waals surface area (Å²) in [4.78, 5) is 25.6. The first-order chi connectivity index (χ1) is 17.4. The van der Waals surface area contributed by atoms with Gasteiger partial charge in [0.2, 0.25) is 6.79 Å². The van der Waals surface area contributed by atoms with Gasteiger partial charge in [0, 0.05) is 6.42 Å². The van der Waals surface area contributed by atoms with Crippen molar-refractivity contribution < 1.29 is 28.9 Å². The van der Waals surface area contributed by atoms with E-state index in [1.807, 2.05) is 56.3 Å².